The molecule has 2 aliphatic rings. The van der Waals surface area contributed by atoms with Crippen molar-refractivity contribution in [3.8, 4) is 5.75 Å². The predicted molar refractivity (Wildman–Crippen MR) is 148 cm³/mol. The Balaban J connectivity index is 1.24. The molecule has 196 valence electrons. The van der Waals surface area contributed by atoms with Crippen LogP contribution in [0.15, 0.2) is 54.7 Å². The van der Waals surface area contributed by atoms with Crippen molar-refractivity contribution >= 4 is 28.5 Å². The van der Waals surface area contributed by atoms with E-state index in [1.807, 2.05) is 18.2 Å². The van der Waals surface area contributed by atoms with Crippen molar-refractivity contribution in [2.75, 3.05) is 26.7 Å². The number of halogens is 1. The third-order valence-electron chi connectivity index (χ3n) is 8.52. The van der Waals surface area contributed by atoms with Crippen LogP contribution in [0.1, 0.15) is 49.7 Å². The number of rotatable bonds is 9. The molecule has 0 radical (unpaired) electrons. The van der Waals surface area contributed by atoms with Gasteiger partial charge in [-0.3, -0.25) is 9.78 Å². The summed E-state index contributed by atoms with van der Waals surface area (Å²) in [6.45, 7) is 4.57. The minimum Gasteiger partial charge on any atom is -0.497 e. The van der Waals surface area contributed by atoms with Gasteiger partial charge in [-0.1, -0.05) is 41.9 Å². The minimum atomic E-state index is -0.927. The van der Waals surface area contributed by atoms with Crippen molar-refractivity contribution in [3.05, 3.63) is 70.9 Å². The van der Waals surface area contributed by atoms with Gasteiger partial charge in [0, 0.05) is 30.7 Å². The van der Waals surface area contributed by atoms with Crippen LogP contribution in [0.25, 0.3) is 10.9 Å². The van der Waals surface area contributed by atoms with Gasteiger partial charge in [0.15, 0.2) is 0 Å². The van der Waals surface area contributed by atoms with Crippen LogP contribution in [-0.2, 0) is 11.2 Å². The molecule has 4 unspecified atom stereocenters. The van der Waals surface area contributed by atoms with Crippen LogP contribution in [0, 0.1) is 5.92 Å². The van der Waals surface area contributed by atoms with Crippen LogP contribution < -0.4 is 10.1 Å². The molecule has 3 aromatic rings. The molecule has 1 aliphatic heterocycles. The summed E-state index contributed by atoms with van der Waals surface area (Å²) in [6, 6.07) is 17.0. The van der Waals surface area contributed by atoms with E-state index in [1.165, 1.54) is 12.0 Å². The molecule has 1 aromatic heterocycles. The van der Waals surface area contributed by atoms with E-state index in [2.05, 4.69) is 52.5 Å². The topological polar surface area (TPSA) is 74.7 Å². The molecule has 2 heterocycles. The molecular formula is C30H36ClN3O3. The number of likely N-dealkylation sites (tertiary alicyclic amines) is 1. The zero-order valence-corrected chi connectivity index (χ0v) is 22.4. The fourth-order valence-electron chi connectivity index (χ4n) is 6.14. The number of fused-ring (bicyclic) bond motifs is 1. The van der Waals surface area contributed by atoms with Crippen molar-refractivity contribution in [3.63, 3.8) is 0 Å². The number of carbonyl (C=O) groups is 1. The van der Waals surface area contributed by atoms with Crippen LogP contribution in [0.5, 0.6) is 5.75 Å². The average Bonchev–Trinajstić information content (AvgIpc) is 3.74. The monoisotopic (exact) mass is 521 g/mol. The van der Waals surface area contributed by atoms with E-state index in [9.17, 15) is 9.90 Å². The molecule has 0 bridgehead atoms. The fraction of sp³-hybridized carbons (Fsp3) is 0.467. The molecule has 6 nitrogen and oxygen atoms in total. The molecular weight excluding hydrogens is 486 g/mol. The molecule has 4 atom stereocenters. The van der Waals surface area contributed by atoms with Gasteiger partial charge in [0.25, 0.3) is 0 Å². The molecule has 7 heteroatoms. The third-order valence-corrected chi connectivity index (χ3v) is 8.85. The van der Waals surface area contributed by atoms with Crippen molar-refractivity contribution in [1.29, 1.82) is 0 Å². The summed E-state index contributed by atoms with van der Waals surface area (Å²) in [5.41, 5.74) is 2.31. The van der Waals surface area contributed by atoms with Gasteiger partial charge in [0.1, 0.15) is 11.3 Å². The Morgan fingerprint density at radius 3 is 2.81 bits per heavy atom. The number of hydrogen-bond donors (Lipinski definition) is 2. The van der Waals surface area contributed by atoms with E-state index in [0.29, 0.717) is 48.7 Å². The number of ether oxygens (including phenoxy) is 1. The molecule has 0 spiro atoms. The van der Waals surface area contributed by atoms with E-state index >= 15 is 0 Å². The van der Waals surface area contributed by atoms with Crippen LogP contribution >= 0.6 is 11.6 Å². The minimum absolute atomic E-state index is 0.451. The molecule has 1 saturated carbocycles. The maximum atomic E-state index is 12.6. The summed E-state index contributed by atoms with van der Waals surface area (Å²) < 4.78 is 5.39. The lowest BCUT2D eigenvalue weighted by atomic mass is 9.90. The highest BCUT2D eigenvalue weighted by molar-refractivity contribution is 6.32. The largest absolute Gasteiger partial charge is 0.497 e. The first-order chi connectivity index (χ1) is 17.9. The molecule has 1 saturated heterocycles. The Morgan fingerprint density at radius 2 is 2.05 bits per heavy atom. The summed E-state index contributed by atoms with van der Waals surface area (Å²) in [4.78, 5) is 19.5. The Morgan fingerprint density at radius 1 is 1.24 bits per heavy atom. The molecule has 1 aliphatic carbocycles. The van der Waals surface area contributed by atoms with Crippen molar-refractivity contribution < 1.29 is 14.6 Å². The van der Waals surface area contributed by atoms with Crippen LogP contribution in [0.3, 0.4) is 0 Å². The van der Waals surface area contributed by atoms with E-state index < -0.39 is 11.5 Å². The Bertz CT molecular complexity index is 1250. The highest BCUT2D eigenvalue weighted by atomic mass is 35.5. The molecule has 5 rings (SSSR count). The summed E-state index contributed by atoms with van der Waals surface area (Å²) in [5, 5.41) is 15.3. The van der Waals surface area contributed by atoms with Crippen LogP contribution in [-0.4, -0.2) is 59.3 Å². The summed E-state index contributed by atoms with van der Waals surface area (Å²) in [5.74, 6) is 1.26. The van der Waals surface area contributed by atoms with Gasteiger partial charge in [0.05, 0.1) is 17.6 Å². The standard InChI is InChI=1S/C30H36ClN3O3/c1-20(24-18-25(24)21-7-4-3-5-8-21)34-15-6-12-30(13-16-34,29(35)36)33-14-11-23-26-17-22(37-2)9-10-28(26)32-19-27(23)31/h3-5,7-10,17,19-20,24-25,33H,6,11-16,18H2,1-2H3,(H,35,36). The van der Waals surface area contributed by atoms with Crippen molar-refractivity contribution in [2.45, 2.75) is 56.5 Å². The predicted octanol–water partition coefficient (Wildman–Crippen LogP) is 5.53. The highest BCUT2D eigenvalue weighted by Gasteiger charge is 2.46. The Hall–Kier alpha value is -2.67. The zero-order valence-electron chi connectivity index (χ0n) is 21.6. The van der Waals surface area contributed by atoms with Gasteiger partial charge in [-0.05, 0) is 86.7 Å². The SMILES string of the molecule is COc1ccc2ncc(Cl)c(CCNC3(C(=O)O)CCCN(C(C)C4CC4c4ccccc4)CC3)c2c1. The summed E-state index contributed by atoms with van der Waals surface area (Å²) in [7, 11) is 1.64. The number of benzene rings is 2. The third kappa shape index (κ3) is 5.47. The number of carboxylic acid groups (broad SMARTS) is 1. The number of hydrogen-bond acceptors (Lipinski definition) is 5. The zero-order chi connectivity index (χ0) is 26.0. The van der Waals surface area contributed by atoms with Crippen molar-refractivity contribution in [2.24, 2.45) is 5.92 Å². The van der Waals surface area contributed by atoms with E-state index in [0.717, 1.165) is 41.7 Å². The lowest BCUT2D eigenvalue weighted by molar-refractivity contribution is -0.145. The van der Waals surface area contributed by atoms with Gasteiger partial charge in [-0.25, -0.2) is 0 Å². The number of nitrogens with one attached hydrogen (secondary N) is 1. The molecule has 2 fully saturated rings. The first-order valence-corrected chi connectivity index (χ1v) is 13.7. The van der Waals surface area contributed by atoms with Gasteiger partial charge in [-0.15, -0.1) is 0 Å². The number of nitrogens with zero attached hydrogens (tertiary/aromatic N) is 2. The molecule has 0 amide bonds. The maximum absolute atomic E-state index is 12.6. The van der Waals surface area contributed by atoms with E-state index in [-0.39, 0.29) is 0 Å². The number of carboxylic acids is 1. The van der Waals surface area contributed by atoms with E-state index in [4.69, 9.17) is 16.3 Å². The van der Waals surface area contributed by atoms with Gasteiger partial charge < -0.3 is 20.1 Å². The molecule has 37 heavy (non-hydrogen) atoms. The molecule has 2 aromatic carbocycles. The first-order valence-electron chi connectivity index (χ1n) is 13.3. The van der Waals surface area contributed by atoms with Gasteiger partial charge >= 0.3 is 5.97 Å². The van der Waals surface area contributed by atoms with Gasteiger partial charge in [-0.2, -0.15) is 0 Å². The second-order valence-electron chi connectivity index (χ2n) is 10.6. The first kappa shape index (κ1) is 26.0. The number of aromatic nitrogens is 1. The fourth-order valence-corrected chi connectivity index (χ4v) is 6.39. The van der Waals surface area contributed by atoms with Crippen LogP contribution in [0.4, 0.5) is 0 Å². The summed E-state index contributed by atoms with van der Waals surface area (Å²) in [6.07, 6.45) is 5.58. The summed E-state index contributed by atoms with van der Waals surface area (Å²) >= 11 is 6.54. The second-order valence-corrected chi connectivity index (χ2v) is 11.0. The number of pyridine rings is 1. The lowest BCUT2D eigenvalue weighted by Crippen LogP contribution is -2.53. The highest BCUT2D eigenvalue weighted by Crippen LogP contribution is 2.51. The molecule has 2 N–H and O–H groups in total. The number of aliphatic carboxylic acids is 1. The normalized spacial score (nSPS) is 24.9. The van der Waals surface area contributed by atoms with Crippen LogP contribution in [0.2, 0.25) is 5.02 Å². The number of methoxy groups -OCH3 is 1. The Labute approximate surface area is 224 Å². The quantitative estimate of drug-likeness (QED) is 0.385. The second kappa shape index (κ2) is 11.0. The van der Waals surface area contributed by atoms with Gasteiger partial charge in [0.2, 0.25) is 0 Å². The van der Waals surface area contributed by atoms with E-state index in [1.54, 1.807) is 13.3 Å². The maximum Gasteiger partial charge on any atom is 0.323 e. The average molecular weight is 522 g/mol. The van der Waals surface area contributed by atoms with Crippen molar-refractivity contribution in [1.82, 2.24) is 15.2 Å². The smallest absolute Gasteiger partial charge is 0.323 e. The Kier molecular flexibility index (Phi) is 7.70. The lowest BCUT2D eigenvalue weighted by Gasteiger charge is -2.31.